The fraction of sp³-hybridized carbons (Fsp3) is 0.400. The molecule has 0 saturated heterocycles. The van der Waals surface area contributed by atoms with E-state index >= 15 is 0 Å². The maximum atomic E-state index is 14.1. The lowest BCUT2D eigenvalue weighted by molar-refractivity contribution is -0.141. The van der Waals surface area contributed by atoms with Gasteiger partial charge in [-0.05, 0) is 59.7 Å². The van der Waals surface area contributed by atoms with Crippen molar-refractivity contribution in [3.63, 3.8) is 0 Å². The van der Waals surface area contributed by atoms with Crippen molar-refractivity contribution in [3.8, 4) is 11.5 Å². The van der Waals surface area contributed by atoms with Crippen LogP contribution in [0.3, 0.4) is 0 Å². The Bertz CT molecular complexity index is 1380. The average Bonchev–Trinajstić information content (AvgIpc) is 3.52. The largest absolute Gasteiger partial charge is 0.492 e. The Morgan fingerprint density at radius 3 is 2.85 bits per heavy atom. The zero-order chi connectivity index (χ0) is 27.1. The highest BCUT2D eigenvalue weighted by Crippen LogP contribution is 2.44. The number of benzene rings is 2. The van der Waals surface area contributed by atoms with Gasteiger partial charge in [-0.15, -0.1) is 0 Å². The molecule has 4 aliphatic rings. The van der Waals surface area contributed by atoms with Crippen molar-refractivity contribution in [2.75, 3.05) is 20.3 Å². The van der Waals surface area contributed by atoms with E-state index in [2.05, 4.69) is 4.99 Å². The summed E-state index contributed by atoms with van der Waals surface area (Å²) in [4.78, 5) is 18.1. The monoisotopic (exact) mass is 538 g/mol. The van der Waals surface area contributed by atoms with Crippen LogP contribution in [0.15, 0.2) is 59.2 Å². The molecule has 0 radical (unpaired) electrons. The predicted molar refractivity (Wildman–Crippen MR) is 139 cm³/mol. The van der Waals surface area contributed by atoms with Crippen molar-refractivity contribution >= 4 is 12.2 Å². The third-order valence-electron chi connectivity index (χ3n) is 7.97. The third kappa shape index (κ3) is 5.02. The van der Waals surface area contributed by atoms with Crippen molar-refractivity contribution < 1.29 is 32.2 Å². The third-order valence-corrected chi connectivity index (χ3v) is 7.97. The van der Waals surface area contributed by atoms with E-state index < -0.39 is 11.7 Å². The molecule has 0 saturated carbocycles. The number of rotatable bonds is 6. The topological polar surface area (TPSA) is 60.4 Å². The number of alkyl halides is 3. The molecule has 204 valence electrons. The minimum absolute atomic E-state index is 0.0759. The SMILES string of the molecule is COC(=O)CC1COc2cc(O[C@@H]3CCc4c3ccc(C(F)(F)F)c4CN3C=C4C=CC=N[C@H]4CC3)ccc21. The summed E-state index contributed by atoms with van der Waals surface area (Å²) < 4.78 is 59.2. The normalized spacial score (nSPS) is 23.0. The summed E-state index contributed by atoms with van der Waals surface area (Å²) in [5.74, 6) is 0.874. The van der Waals surface area contributed by atoms with E-state index in [1.807, 2.05) is 35.4 Å². The summed E-state index contributed by atoms with van der Waals surface area (Å²) in [6.45, 7) is 1.22. The van der Waals surface area contributed by atoms with Gasteiger partial charge in [0.1, 0.15) is 17.6 Å². The van der Waals surface area contributed by atoms with E-state index in [4.69, 9.17) is 14.2 Å². The van der Waals surface area contributed by atoms with E-state index in [1.54, 1.807) is 18.3 Å². The molecule has 0 N–H and O–H groups in total. The molecule has 0 amide bonds. The molecule has 39 heavy (non-hydrogen) atoms. The molecule has 3 atom stereocenters. The van der Waals surface area contributed by atoms with Crippen molar-refractivity contribution in [2.24, 2.45) is 4.99 Å². The summed E-state index contributed by atoms with van der Waals surface area (Å²) >= 11 is 0. The fourth-order valence-corrected chi connectivity index (χ4v) is 6.02. The van der Waals surface area contributed by atoms with Gasteiger partial charge in [-0.1, -0.05) is 18.2 Å². The number of aliphatic imine (C=N–C) groups is 1. The van der Waals surface area contributed by atoms with Crippen LogP contribution in [0, 0.1) is 0 Å². The Balaban J connectivity index is 1.24. The molecule has 0 aromatic heterocycles. The molecule has 6 nitrogen and oxygen atoms in total. The first-order valence-electron chi connectivity index (χ1n) is 13.2. The van der Waals surface area contributed by atoms with Gasteiger partial charge in [0.2, 0.25) is 0 Å². The molecule has 0 bridgehead atoms. The first-order chi connectivity index (χ1) is 18.8. The number of hydrogen-bond acceptors (Lipinski definition) is 6. The number of carbonyl (C=O) groups excluding carboxylic acids is 1. The number of hydrogen-bond donors (Lipinski definition) is 0. The standard InChI is InChI=1S/C30H29F3N2O4/c1-37-29(36)13-19-17-38-28-14-20(4-5-21(19)28)39-27-9-7-22-23(27)6-8-25(30(31,32)33)24(22)16-35-12-10-26-18(15-35)3-2-11-34-26/h2-6,8,11,14-15,19,26-27H,7,9-10,12-13,16-17H2,1H3/t19?,26-,27+/m0/s1. The predicted octanol–water partition coefficient (Wildman–Crippen LogP) is 5.91. The fourth-order valence-electron chi connectivity index (χ4n) is 6.02. The number of allylic oxidation sites excluding steroid dienone is 1. The Morgan fingerprint density at radius 2 is 2.03 bits per heavy atom. The van der Waals surface area contributed by atoms with Gasteiger partial charge in [0.15, 0.2) is 0 Å². The summed E-state index contributed by atoms with van der Waals surface area (Å²) in [6, 6.07) is 8.37. The van der Waals surface area contributed by atoms with Gasteiger partial charge in [0.25, 0.3) is 0 Å². The molecular weight excluding hydrogens is 509 g/mol. The first-order valence-corrected chi connectivity index (χ1v) is 13.2. The van der Waals surface area contributed by atoms with Crippen LogP contribution >= 0.6 is 0 Å². The van der Waals surface area contributed by atoms with Crippen LogP contribution in [0.4, 0.5) is 13.2 Å². The first kappa shape index (κ1) is 25.5. The van der Waals surface area contributed by atoms with Crippen LogP contribution in [0.2, 0.25) is 0 Å². The Hall–Kier alpha value is -3.75. The second kappa shape index (κ2) is 10.1. The van der Waals surface area contributed by atoms with Gasteiger partial charge in [-0.2, -0.15) is 13.2 Å². The van der Waals surface area contributed by atoms with Gasteiger partial charge in [-0.25, -0.2) is 0 Å². The van der Waals surface area contributed by atoms with Crippen LogP contribution in [-0.4, -0.2) is 43.4 Å². The number of esters is 1. The molecule has 2 aromatic carbocycles. The highest BCUT2D eigenvalue weighted by molar-refractivity contribution is 5.74. The van der Waals surface area contributed by atoms with Crippen LogP contribution in [0.25, 0.3) is 0 Å². The summed E-state index contributed by atoms with van der Waals surface area (Å²) in [5.41, 5.74) is 3.22. The Kier molecular flexibility index (Phi) is 6.61. The number of ether oxygens (including phenoxy) is 3. The molecule has 1 unspecified atom stereocenters. The van der Waals surface area contributed by atoms with Crippen LogP contribution in [-0.2, 0) is 28.7 Å². The van der Waals surface area contributed by atoms with E-state index in [-0.39, 0.29) is 37.0 Å². The summed E-state index contributed by atoms with van der Waals surface area (Å²) in [6.07, 6.45) is 4.88. The van der Waals surface area contributed by atoms with E-state index in [0.29, 0.717) is 43.1 Å². The number of fused-ring (bicyclic) bond motifs is 3. The maximum absolute atomic E-state index is 14.1. The van der Waals surface area contributed by atoms with E-state index in [1.165, 1.54) is 13.2 Å². The lowest BCUT2D eigenvalue weighted by Gasteiger charge is -2.32. The van der Waals surface area contributed by atoms with Crippen LogP contribution < -0.4 is 9.47 Å². The number of nitrogens with zero attached hydrogens (tertiary/aromatic N) is 2. The number of dihydropyridines is 1. The quantitative estimate of drug-likeness (QED) is 0.428. The van der Waals surface area contributed by atoms with Crippen molar-refractivity contribution in [2.45, 2.75) is 56.5 Å². The smallest absolute Gasteiger partial charge is 0.416 e. The maximum Gasteiger partial charge on any atom is 0.416 e. The molecule has 3 aliphatic heterocycles. The minimum atomic E-state index is -4.44. The van der Waals surface area contributed by atoms with Gasteiger partial charge in [0.05, 0.1) is 31.7 Å². The number of carbonyl (C=O) groups is 1. The van der Waals surface area contributed by atoms with Crippen molar-refractivity contribution in [3.05, 3.63) is 82.1 Å². The highest BCUT2D eigenvalue weighted by Gasteiger charge is 2.38. The van der Waals surface area contributed by atoms with E-state index in [9.17, 15) is 18.0 Å². The second-order valence-electron chi connectivity index (χ2n) is 10.4. The van der Waals surface area contributed by atoms with Gasteiger partial charge < -0.3 is 19.1 Å². The minimum Gasteiger partial charge on any atom is -0.492 e. The van der Waals surface area contributed by atoms with Crippen molar-refractivity contribution in [1.29, 1.82) is 0 Å². The van der Waals surface area contributed by atoms with Crippen molar-refractivity contribution in [1.82, 2.24) is 4.90 Å². The molecule has 0 fully saturated rings. The molecule has 3 heterocycles. The van der Waals surface area contributed by atoms with E-state index in [0.717, 1.165) is 28.7 Å². The Morgan fingerprint density at radius 1 is 1.18 bits per heavy atom. The average molecular weight is 539 g/mol. The molecule has 1 aliphatic carbocycles. The molecule has 2 aromatic rings. The zero-order valence-electron chi connectivity index (χ0n) is 21.5. The van der Waals surface area contributed by atoms with Crippen LogP contribution in [0.1, 0.15) is 59.1 Å². The van der Waals surface area contributed by atoms with Crippen LogP contribution in [0.5, 0.6) is 11.5 Å². The summed E-state index contributed by atoms with van der Waals surface area (Å²) in [5, 5.41) is 0. The highest BCUT2D eigenvalue weighted by atomic mass is 19.4. The zero-order valence-corrected chi connectivity index (χ0v) is 21.5. The van der Waals surface area contributed by atoms with Gasteiger partial charge in [-0.3, -0.25) is 9.79 Å². The molecule has 9 heteroatoms. The lowest BCUT2D eigenvalue weighted by atomic mass is 9.94. The molecule has 6 rings (SSSR count). The number of methoxy groups -OCH3 is 1. The lowest BCUT2D eigenvalue weighted by Crippen LogP contribution is -2.30. The Labute approximate surface area is 224 Å². The van der Waals surface area contributed by atoms with Gasteiger partial charge >= 0.3 is 12.1 Å². The van der Waals surface area contributed by atoms with Gasteiger partial charge in [0, 0.05) is 43.1 Å². The molecule has 0 spiro atoms. The number of halogens is 3. The molecular formula is C30H29F3N2O4. The summed E-state index contributed by atoms with van der Waals surface area (Å²) in [7, 11) is 1.36. The second-order valence-corrected chi connectivity index (χ2v) is 10.4.